The van der Waals surface area contributed by atoms with Crippen LogP contribution in [-0.2, 0) is 9.59 Å². The van der Waals surface area contributed by atoms with Gasteiger partial charge in [-0.15, -0.1) is 0 Å². The van der Waals surface area contributed by atoms with Crippen molar-refractivity contribution in [3.05, 3.63) is 71.5 Å². The van der Waals surface area contributed by atoms with E-state index in [1.165, 1.54) is 0 Å². The average molecular weight is 457 g/mol. The van der Waals surface area contributed by atoms with Gasteiger partial charge in [-0.3, -0.25) is 14.3 Å². The first kappa shape index (κ1) is 20.6. The summed E-state index contributed by atoms with van der Waals surface area (Å²) in [5.41, 5.74) is 1.14. The van der Waals surface area contributed by atoms with Crippen molar-refractivity contribution >= 4 is 39.1 Å². The van der Waals surface area contributed by atoms with Crippen LogP contribution in [0.15, 0.2) is 71.5 Å². The van der Waals surface area contributed by atoms with Gasteiger partial charge in [-0.05, 0) is 62.4 Å². The fourth-order valence-electron chi connectivity index (χ4n) is 2.57. The van der Waals surface area contributed by atoms with Gasteiger partial charge in [-0.2, -0.15) is 5.10 Å². The Hall–Kier alpha value is -3.13. The molecule has 2 amide bonds. The summed E-state index contributed by atoms with van der Waals surface area (Å²) in [4.78, 5) is 24.8. The average Bonchev–Trinajstić information content (AvgIpc) is 3.24. The number of aromatic nitrogens is 2. The van der Waals surface area contributed by atoms with Crippen LogP contribution >= 0.6 is 15.9 Å². The molecule has 2 atom stereocenters. The van der Waals surface area contributed by atoms with Crippen molar-refractivity contribution in [2.75, 3.05) is 10.6 Å². The Morgan fingerprint density at radius 1 is 1.00 bits per heavy atom. The van der Waals surface area contributed by atoms with E-state index < -0.39 is 12.1 Å². The van der Waals surface area contributed by atoms with Crippen LogP contribution in [0, 0.1) is 0 Å². The lowest BCUT2D eigenvalue weighted by Gasteiger charge is -2.16. The van der Waals surface area contributed by atoms with Gasteiger partial charge in [0.2, 0.25) is 5.91 Å². The van der Waals surface area contributed by atoms with Crippen LogP contribution < -0.4 is 15.4 Å². The van der Waals surface area contributed by atoms with Crippen molar-refractivity contribution in [1.82, 2.24) is 9.78 Å². The lowest BCUT2D eigenvalue weighted by molar-refractivity contribution is -0.122. The minimum atomic E-state index is -0.686. The highest BCUT2D eigenvalue weighted by molar-refractivity contribution is 9.10. The summed E-state index contributed by atoms with van der Waals surface area (Å²) in [6.45, 7) is 3.43. The number of hydrogen-bond donors (Lipinski definition) is 2. The predicted molar refractivity (Wildman–Crippen MR) is 115 cm³/mol. The summed E-state index contributed by atoms with van der Waals surface area (Å²) in [5, 5.41) is 9.71. The van der Waals surface area contributed by atoms with Crippen LogP contribution in [0.2, 0.25) is 0 Å². The highest BCUT2D eigenvalue weighted by Crippen LogP contribution is 2.19. The minimum Gasteiger partial charge on any atom is -0.481 e. The zero-order chi connectivity index (χ0) is 20.8. The molecule has 0 spiro atoms. The lowest BCUT2D eigenvalue weighted by atomic mass is 10.2. The number of benzene rings is 2. The quantitative estimate of drug-likeness (QED) is 0.556. The third kappa shape index (κ3) is 5.68. The van der Waals surface area contributed by atoms with E-state index >= 15 is 0 Å². The Balaban J connectivity index is 1.59. The van der Waals surface area contributed by atoms with Gasteiger partial charge in [0.25, 0.3) is 5.91 Å². The number of carbonyl (C=O) groups is 2. The molecule has 2 unspecified atom stereocenters. The number of amides is 2. The van der Waals surface area contributed by atoms with Crippen LogP contribution in [-0.4, -0.2) is 27.7 Å². The van der Waals surface area contributed by atoms with E-state index in [1.54, 1.807) is 73.4 Å². The molecule has 7 nitrogen and oxygen atoms in total. The van der Waals surface area contributed by atoms with Gasteiger partial charge in [0.15, 0.2) is 6.10 Å². The van der Waals surface area contributed by atoms with Gasteiger partial charge in [-0.25, -0.2) is 0 Å². The van der Waals surface area contributed by atoms with E-state index in [0.29, 0.717) is 17.1 Å². The van der Waals surface area contributed by atoms with Crippen LogP contribution in [0.4, 0.5) is 11.4 Å². The molecule has 0 radical (unpaired) electrons. The highest BCUT2D eigenvalue weighted by Gasteiger charge is 2.17. The zero-order valence-corrected chi connectivity index (χ0v) is 17.6. The van der Waals surface area contributed by atoms with E-state index in [2.05, 4.69) is 31.7 Å². The van der Waals surface area contributed by atoms with Gasteiger partial charge in [0.05, 0.1) is 0 Å². The van der Waals surface area contributed by atoms with Crippen molar-refractivity contribution in [2.24, 2.45) is 0 Å². The molecule has 0 bridgehead atoms. The SMILES string of the molecule is CC(Oc1ccc(Br)cc1)C(=O)Nc1cccc(NC(=O)C(C)n2cccn2)c1. The summed E-state index contributed by atoms with van der Waals surface area (Å²) in [6, 6.07) is 15.5. The number of rotatable bonds is 7. The molecule has 1 aromatic heterocycles. The minimum absolute atomic E-state index is 0.205. The van der Waals surface area contributed by atoms with Crippen molar-refractivity contribution in [1.29, 1.82) is 0 Å². The maximum Gasteiger partial charge on any atom is 0.265 e. The second-order valence-corrected chi connectivity index (χ2v) is 7.35. The van der Waals surface area contributed by atoms with Crippen molar-refractivity contribution in [2.45, 2.75) is 26.0 Å². The van der Waals surface area contributed by atoms with Crippen LogP contribution in [0.25, 0.3) is 0 Å². The first-order chi connectivity index (χ1) is 13.9. The molecule has 1 heterocycles. The standard InChI is InChI=1S/C21H21BrN4O3/c1-14(26-12-4-11-23-26)20(27)24-17-5-3-6-18(13-17)25-21(28)15(2)29-19-9-7-16(22)8-10-19/h3-15H,1-2H3,(H,24,27)(H,25,28). The first-order valence-electron chi connectivity index (χ1n) is 9.05. The van der Waals surface area contributed by atoms with Crippen molar-refractivity contribution in [3.8, 4) is 5.75 Å². The van der Waals surface area contributed by atoms with E-state index in [4.69, 9.17) is 4.74 Å². The van der Waals surface area contributed by atoms with Crippen LogP contribution in [0.1, 0.15) is 19.9 Å². The number of ether oxygens (including phenoxy) is 1. The Kier molecular flexibility index (Phi) is 6.66. The number of hydrogen-bond acceptors (Lipinski definition) is 4. The second-order valence-electron chi connectivity index (χ2n) is 6.44. The number of carbonyl (C=O) groups excluding carboxylic acids is 2. The molecule has 0 aliphatic rings. The monoisotopic (exact) mass is 456 g/mol. The Morgan fingerprint density at radius 3 is 2.28 bits per heavy atom. The van der Waals surface area contributed by atoms with E-state index in [1.807, 2.05) is 12.1 Å². The smallest absolute Gasteiger partial charge is 0.265 e. The lowest BCUT2D eigenvalue weighted by Crippen LogP contribution is -2.30. The number of halogens is 1. The summed E-state index contributed by atoms with van der Waals surface area (Å²) in [6.07, 6.45) is 2.67. The molecule has 2 N–H and O–H groups in total. The predicted octanol–water partition coefficient (Wildman–Crippen LogP) is 4.25. The summed E-state index contributed by atoms with van der Waals surface area (Å²) < 4.78 is 8.16. The van der Waals surface area contributed by atoms with Crippen molar-refractivity contribution in [3.63, 3.8) is 0 Å². The molecular formula is C21H21BrN4O3. The van der Waals surface area contributed by atoms with Gasteiger partial charge in [0, 0.05) is 28.2 Å². The van der Waals surface area contributed by atoms with Crippen LogP contribution in [0.5, 0.6) is 5.75 Å². The van der Waals surface area contributed by atoms with Gasteiger partial charge < -0.3 is 15.4 Å². The number of anilines is 2. The molecule has 0 saturated carbocycles. The van der Waals surface area contributed by atoms with Gasteiger partial charge in [-0.1, -0.05) is 22.0 Å². The molecule has 29 heavy (non-hydrogen) atoms. The molecule has 0 saturated heterocycles. The molecular weight excluding hydrogens is 436 g/mol. The fraction of sp³-hybridized carbons (Fsp3) is 0.190. The van der Waals surface area contributed by atoms with Gasteiger partial charge >= 0.3 is 0 Å². The maximum absolute atomic E-state index is 12.4. The molecule has 0 fully saturated rings. The molecule has 150 valence electrons. The van der Waals surface area contributed by atoms with Crippen LogP contribution in [0.3, 0.4) is 0 Å². The summed E-state index contributed by atoms with van der Waals surface area (Å²) >= 11 is 3.36. The Morgan fingerprint density at radius 2 is 1.66 bits per heavy atom. The van der Waals surface area contributed by atoms with E-state index in [0.717, 1.165) is 4.47 Å². The molecule has 2 aromatic carbocycles. The summed E-state index contributed by atoms with van der Waals surface area (Å²) in [7, 11) is 0. The molecule has 3 rings (SSSR count). The zero-order valence-electron chi connectivity index (χ0n) is 16.0. The largest absolute Gasteiger partial charge is 0.481 e. The molecule has 0 aliphatic heterocycles. The third-order valence-electron chi connectivity index (χ3n) is 4.19. The highest BCUT2D eigenvalue weighted by atomic mass is 79.9. The number of nitrogens with one attached hydrogen (secondary N) is 2. The molecule has 8 heteroatoms. The Bertz CT molecular complexity index is 974. The van der Waals surface area contributed by atoms with E-state index in [-0.39, 0.29) is 11.8 Å². The summed E-state index contributed by atoms with van der Waals surface area (Å²) in [5.74, 6) is 0.106. The third-order valence-corrected chi connectivity index (χ3v) is 4.72. The molecule has 0 aliphatic carbocycles. The molecule has 3 aromatic rings. The fourth-order valence-corrected chi connectivity index (χ4v) is 2.83. The van der Waals surface area contributed by atoms with Gasteiger partial charge in [0.1, 0.15) is 11.8 Å². The number of nitrogens with zero attached hydrogens (tertiary/aromatic N) is 2. The maximum atomic E-state index is 12.4. The van der Waals surface area contributed by atoms with E-state index in [9.17, 15) is 9.59 Å². The topological polar surface area (TPSA) is 85.3 Å². The normalized spacial score (nSPS) is 12.7. The van der Waals surface area contributed by atoms with Crippen molar-refractivity contribution < 1.29 is 14.3 Å². The first-order valence-corrected chi connectivity index (χ1v) is 9.85. The Labute approximate surface area is 177 Å². The second kappa shape index (κ2) is 9.38.